The van der Waals surface area contributed by atoms with Gasteiger partial charge in [0.2, 0.25) is 0 Å². The van der Waals surface area contributed by atoms with Crippen LogP contribution in [0.3, 0.4) is 0 Å². The molecule has 1 nitrogen and oxygen atoms in total. The summed E-state index contributed by atoms with van der Waals surface area (Å²) in [4.78, 5) is 0. The van der Waals surface area contributed by atoms with E-state index in [0.717, 1.165) is 15.9 Å². The van der Waals surface area contributed by atoms with E-state index in [1.165, 1.54) is 6.07 Å². The zero-order valence-corrected chi connectivity index (χ0v) is 19.2. The second-order valence-electron chi connectivity index (χ2n) is 7.30. The van der Waals surface area contributed by atoms with Gasteiger partial charge in [-0.15, -0.1) is 0 Å². The van der Waals surface area contributed by atoms with Crippen molar-refractivity contribution in [2.45, 2.75) is 6.16 Å². The molecule has 4 rings (SSSR count). The van der Waals surface area contributed by atoms with Crippen molar-refractivity contribution in [3.05, 3.63) is 121 Å². The summed E-state index contributed by atoms with van der Waals surface area (Å²) in [6.45, 7) is 0. The van der Waals surface area contributed by atoms with Gasteiger partial charge in [-0.25, -0.2) is 0 Å². The van der Waals surface area contributed by atoms with Crippen molar-refractivity contribution in [2.75, 3.05) is 7.11 Å². The second-order valence-corrected chi connectivity index (χ2v) is 16.2. The van der Waals surface area contributed by atoms with Crippen LogP contribution in [-0.4, -0.2) is 7.11 Å². The van der Waals surface area contributed by atoms with Crippen LogP contribution in [0.25, 0.3) is 0 Å². The Balaban J connectivity index is 2.09. The molecule has 0 amide bonds. The normalized spacial score (nSPS) is 12.7. The van der Waals surface area contributed by atoms with Gasteiger partial charge in [0, 0.05) is 0 Å². The van der Waals surface area contributed by atoms with Crippen LogP contribution in [0.2, 0.25) is 0 Å². The predicted octanol–water partition coefficient (Wildman–Crippen LogP) is 6.17. The number of ether oxygens (including phenoxy) is 1. The molecule has 0 saturated carbocycles. The molecule has 0 aliphatic heterocycles. The van der Waals surface area contributed by atoms with Gasteiger partial charge in [0.25, 0.3) is 0 Å². The van der Waals surface area contributed by atoms with Crippen molar-refractivity contribution in [1.82, 2.24) is 0 Å². The molecule has 0 aliphatic rings. The van der Waals surface area contributed by atoms with Gasteiger partial charge in [-0.3, -0.25) is 0 Å². The summed E-state index contributed by atoms with van der Waals surface area (Å²) in [7, 11) is 1.61. The molecule has 0 radical (unpaired) electrons. The Bertz CT molecular complexity index is 1030. The number of hydrogen-bond acceptors (Lipinski definition) is 1. The van der Waals surface area contributed by atoms with Gasteiger partial charge in [-0.2, -0.15) is 0 Å². The summed E-state index contributed by atoms with van der Waals surface area (Å²) < 4.78 is 20.5. The molecule has 4 aromatic carbocycles. The molecule has 0 bridgehead atoms. The third kappa shape index (κ3) is 3.47. The first-order chi connectivity index (χ1) is 14.6. The summed E-state index contributed by atoms with van der Waals surface area (Å²) in [5, 5.41) is 0.234. The van der Waals surface area contributed by atoms with Crippen molar-refractivity contribution in [1.29, 1.82) is 0 Å². The first-order valence-electron chi connectivity index (χ1n) is 9.78. The van der Waals surface area contributed by atoms with E-state index in [9.17, 15) is 0 Å². The van der Waals surface area contributed by atoms with Gasteiger partial charge in [-0.05, 0) is 0 Å². The molecule has 4 aromatic rings. The molecule has 0 fully saturated rings. The molecule has 0 spiro atoms. The standard InChI is InChI=1S/C26H23BrFOP/c1-29-22-17-18-26(28)21(19-22)20-30(27,23-11-5-2-6-12-23,24-13-7-3-8-14-24)25-15-9-4-10-16-25/h2-19H,20H2,1H3. The molecule has 0 aromatic heterocycles. The van der Waals surface area contributed by atoms with Gasteiger partial charge < -0.3 is 0 Å². The molecular weight excluding hydrogens is 458 g/mol. The molecule has 4 heteroatoms. The fourth-order valence-corrected chi connectivity index (χ4v) is 11.7. The summed E-state index contributed by atoms with van der Waals surface area (Å²) in [6.07, 6.45) is 0.493. The molecule has 152 valence electrons. The molecule has 0 heterocycles. The van der Waals surface area contributed by atoms with E-state index in [1.54, 1.807) is 13.2 Å². The van der Waals surface area contributed by atoms with E-state index in [0.29, 0.717) is 17.5 Å². The van der Waals surface area contributed by atoms with Crippen LogP contribution < -0.4 is 20.7 Å². The van der Waals surface area contributed by atoms with Crippen molar-refractivity contribution in [2.24, 2.45) is 0 Å². The average molecular weight is 481 g/mol. The van der Waals surface area contributed by atoms with E-state index < -0.39 is 5.31 Å². The zero-order valence-electron chi connectivity index (χ0n) is 16.7. The van der Waals surface area contributed by atoms with E-state index >= 15 is 4.39 Å². The van der Waals surface area contributed by atoms with E-state index in [-0.39, 0.29) is 5.82 Å². The van der Waals surface area contributed by atoms with Gasteiger partial charge in [0.15, 0.2) is 0 Å². The summed E-state index contributed by atoms with van der Waals surface area (Å²) in [5.74, 6) is 0.421. The number of halogens is 2. The zero-order chi connectivity index (χ0) is 21.1. The van der Waals surface area contributed by atoms with Gasteiger partial charge >= 0.3 is 185 Å². The summed E-state index contributed by atoms with van der Waals surface area (Å²) in [5.41, 5.74) is 0.625. The molecule has 0 atom stereocenters. The Morgan fingerprint density at radius 2 is 1.13 bits per heavy atom. The van der Waals surface area contributed by atoms with Crippen molar-refractivity contribution < 1.29 is 9.13 Å². The van der Waals surface area contributed by atoms with Crippen LogP contribution in [0.4, 0.5) is 4.39 Å². The van der Waals surface area contributed by atoms with Crippen LogP contribution in [0.15, 0.2) is 109 Å². The minimum absolute atomic E-state index is 0.230. The summed E-state index contributed by atoms with van der Waals surface area (Å²) >= 11 is 4.36. The van der Waals surface area contributed by atoms with Crippen molar-refractivity contribution in [3.8, 4) is 5.75 Å². The Hall–Kier alpha value is -2.48. The van der Waals surface area contributed by atoms with Gasteiger partial charge in [0.1, 0.15) is 0 Å². The maximum atomic E-state index is 15.1. The number of hydrogen-bond donors (Lipinski definition) is 0. The first kappa shape index (κ1) is 20.8. The number of methoxy groups -OCH3 is 1. The van der Waals surface area contributed by atoms with Crippen LogP contribution in [0.1, 0.15) is 5.56 Å². The van der Waals surface area contributed by atoms with E-state index in [2.05, 4.69) is 51.9 Å². The topological polar surface area (TPSA) is 9.23 Å². The Morgan fingerprint density at radius 1 is 0.700 bits per heavy atom. The molecule has 0 aliphatic carbocycles. The SMILES string of the molecule is COc1ccc(F)c(CP(Br)(c2ccccc2)(c2ccccc2)c2ccccc2)c1. The Morgan fingerprint density at radius 3 is 1.53 bits per heavy atom. The van der Waals surface area contributed by atoms with Crippen LogP contribution in [0.5, 0.6) is 5.75 Å². The Labute approximate surface area is 185 Å². The van der Waals surface area contributed by atoms with E-state index in [4.69, 9.17) is 4.74 Å². The molecule has 30 heavy (non-hydrogen) atoms. The van der Waals surface area contributed by atoms with Crippen LogP contribution in [0, 0.1) is 5.82 Å². The Kier molecular flexibility index (Phi) is 5.77. The third-order valence-electron chi connectivity index (χ3n) is 5.60. The molecule has 0 saturated heterocycles. The van der Waals surface area contributed by atoms with Crippen LogP contribution >= 0.6 is 20.8 Å². The van der Waals surface area contributed by atoms with Gasteiger partial charge in [-0.1, -0.05) is 0 Å². The number of rotatable bonds is 6. The fraction of sp³-hybridized carbons (Fsp3) is 0.0769. The first-order valence-corrected chi connectivity index (χ1v) is 14.2. The number of benzene rings is 4. The second kappa shape index (κ2) is 8.34. The molecule has 0 unspecified atom stereocenters. The maximum absolute atomic E-state index is 15.1. The average Bonchev–Trinajstić information content (AvgIpc) is 2.82. The quantitative estimate of drug-likeness (QED) is 0.299. The van der Waals surface area contributed by atoms with Gasteiger partial charge in [0.05, 0.1) is 0 Å². The predicted molar refractivity (Wildman–Crippen MR) is 131 cm³/mol. The van der Waals surface area contributed by atoms with Crippen LogP contribution in [-0.2, 0) is 6.16 Å². The monoisotopic (exact) mass is 480 g/mol. The van der Waals surface area contributed by atoms with Crippen molar-refractivity contribution in [3.63, 3.8) is 0 Å². The fourth-order valence-electron chi connectivity index (χ4n) is 4.06. The van der Waals surface area contributed by atoms with E-state index in [1.807, 2.05) is 60.7 Å². The molecule has 0 N–H and O–H groups in total. The summed E-state index contributed by atoms with van der Waals surface area (Å²) in [6, 6.07) is 36.2. The van der Waals surface area contributed by atoms with Crippen molar-refractivity contribution >= 4 is 36.7 Å². The minimum atomic E-state index is -3.23. The molecular formula is C26H23BrFOP. The third-order valence-corrected chi connectivity index (χ3v) is 15.1.